The van der Waals surface area contributed by atoms with Crippen molar-refractivity contribution in [1.82, 2.24) is 5.32 Å². The fourth-order valence-electron chi connectivity index (χ4n) is 9.22. The summed E-state index contributed by atoms with van der Waals surface area (Å²) in [7, 11) is 1.25. The topological polar surface area (TPSA) is 108 Å². The lowest BCUT2D eigenvalue weighted by Crippen LogP contribution is -2.45. The minimum Gasteiger partial charge on any atom is -0.756 e. The van der Waals surface area contributed by atoms with Crippen molar-refractivity contribution in [1.29, 1.82) is 0 Å². The molecule has 0 aromatic carbocycles. The van der Waals surface area contributed by atoms with Gasteiger partial charge in [-0.15, -0.1) is 0 Å². The molecule has 0 rings (SSSR count). The van der Waals surface area contributed by atoms with Crippen molar-refractivity contribution >= 4 is 13.7 Å². The van der Waals surface area contributed by atoms with Crippen molar-refractivity contribution in [3.05, 3.63) is 72.9 Å². The van der Waals surface area contributed by atoms with Gasteiger partial charge in [-0.05, 0) is 70.6 Å². The molecule has 0 aromatic rings. The number of phosphoric acid groups is 1. The quantitative estimate of drug-likeness (QED) is 0.0272. The number of aliphatic hydroxyl groups excluding tert-OH is 1. The van der Waals surface area contributed by atoms with Crippen molar-refractivity contribution in [2.24, 2.45) is 0 Å². The van der Waals surface area contributed by atoms with E-state index in [-0.39, 0.29) is 12.5 Å². The van der Waals surface area contributed by atoms with Crippen molar-refractivity contribution < 1.29 is 32.9 Å². The zero-order chi connectivity index (χ0) is 54.9. The van der Waals surface area contributed by atoms with Gasteiger partial charge in [0.1, 0.15) is 13.2 Å². The molecule has 0 bridgehead atoms. The number of hydrogen-bond acceptors (Lipinski definition) is 6. The molecule has 0 saturated heterocycles. The highest BCUT2D eigenvalue weighted by Crippen LogP contribution is 2.38. The largest absolute Gasteiger partial charge is 0.756 e. The number of carbonyl (C=O) groups excluding carboxylic acids is 1. The second-order valence-electron chi connectivity index (χ2n) is 22.7. The Labute approximate surface area is 465 Å². The van der Waals surface area contributed by atoms with Gasteiger partial charge in [-0.1, -0.05) is 286 Å². The Hall–Kier alpha value is -2.06. The second-order valence-corrected chi connectivity index (χ2v) is 24.1. The van der Waals surface area contributed by atoms with Crippen LogP contribution >= 0.6 is 7.82 Å². The van der Waals surface area contributed by atoms with E-state index in [1.807, 2.05) is 27.2 Å². The van der Waals surface area contributed by atoms with Gasteiger partial charge in [0.15, 0.2) is 0 Å². The minimum atomic E-state index is -4.61. The molecule has 0 heterocycles. The molecular weight excluding hydrogens is 948 g/mol. The fourth-order valence-corrected chi connectivity index (χ4v) is 9.94. The Morgan fingerprint density at radius 3 is 1.24 bits per heavy atom. The number of aliphatic hydroxyl groups is 1. The highest BCUT2D eigenvalue weighted by molar-refractivity contribution is 7.45. The SMILES string of the molecule is CC/C=C\C/C=C\C/C=C\C/C=C\CCCCCCCCCCCCCCCCCCC(=O)NC(COP(=O)([O-])OCC[N+](C)(C)C)C(O)/C=C/CC/C=C/CCCCCCCCCCCCCCCCCCCC. The lowest BCUT2D eigenvalue weighted by molar-refractivity contribution is -0.870. The Balaban J connectivity index is 4.16. The number of nitrogens with zero attached hydrogens (tertiary/aromatic N) is 1. The van der Waals surface area contributed by atoms with Gasteiger partial charge in [0.2, 0.25) is 5.91 Å². The van der Waals surface area contributed by atoms with E-state index in [9.17, 15) is 19.4 Å². The monoisotopic (exact) mass is 1070 g/mol. The third-order valence-electron chi connectivity index (χ3n) is 14.2. The predicted octanol–water partition coefficient (Wildman–Crippen LogP) is 19.2. The molecule has 0 aliphatic heterocycles. The number of hydrogen-bond donors (Lipinski definition) is 2. The number of phosphoric ester groups is 1. The fraction of sp³-hybridized carbons (Fsp3) is 0.803. The molecule has 0 aliphatic carbocycles. The molecule has 0 saturated carbocycles. The van der Waals surface area contributed by atoms with E-state index >= 15 is 0 Å². The van der Waals surface area contributed by atoms with E-state index < -0.39 is 26.6 Å². The smallest absolute Gasteiger partial charge is 0.268 e. The highest BCUT2D eigenvalue weighted by Gasteiger charge is 2.23. The molecule has 438 valence electrons. The van der Waals surface area contributed by atoms with Crippen LogP contribution in [-0.4, -0.2) is 68.5 Å². The normalized spacial score (nSPS) is 14.3. The Kier molecular flexibility index (Phi) is 55.1. The molecule has 0 fully saturated rings. The van der Waals surface area contributed by atoms with Gasteiger partial charge >= 0.3 is 0 Å². The number of rotatable bonds is 58. The van der Waals surface area contributed by atoms with E-state index in [0.29, 0.717) is 17.4 Å². The average molecular weight is 1070 g/mol. The number of carbonyl (C=O) groups is 1. The molecule has 1 amide bonds. The number of amides is 1. The van der Waals surface area contributed by atoms with Crippen LogP contribution in [0.1, 0.15) is 290 Å². The van der Waals surface area contributed by atoms with E-state index in [4.69, 9.17) is 9.05 Å². The number of nitrogens with one attached hydrogen (secondary N) is 1. The zero-order valence-electron chi connectivity index (χ0n) is 50.0. The molecule has 0 aliphatic rings. The summed E-state index contributed by atoms with van der Waals surface area (Å²) >= 11 is 0. The summed E-state index contributed by atoms with van der Waals surface area (Å²) in [5, 5.41) is 13.9. The summed E-state index contributed by atoms with van der Waals surface area (Å²) in [5.74, 6) is -0.206. The van der Waals surface area contributed by atoms with Crippen molar-refractivity contribution in [3.8, 4) is 0 Å². The molecule has 0 radical (unpaired) electrons. The van der Waals surface area contributed by atoms with Gasteiger partial charge in [0.05, 0.1) is 39.9 Å². The molecule has 3 unspecified atom stereocenters. The van der Waals surface area contributed by atoms with Gasteiger partial charge in [0.25, 0.3) is 7.82 Å². The predicted molar refractivity (Wildman–Crippen MR) is 325 cm³/mol. The third kappa shape index (κ3) is 59.4. The van der Waals surface area contributed by atoms with Crippen LogP contribution in [0.15, 0.2) is 72.9 Å². The number of likely N-dealkylation sites (N-methyl/N-ethyl adjacent to an activating group) is 1. The summed E-state index contributed by atoms with van der Waals surface area (Å²) in [4.78, 5) is 25.6. The minimum absolute atomic E-state index is 0.00753. The molecule has 0 aromatic heterocycles. The Morgan fingerprint density at radius 1 is 0.480 bits per heavy atom. The average Bonchev–Trinajstić information content (AvgIpc) is 3.37. The van der Waals surface area contributed by atoms with E-state index in [0.717, 1.165) is 64.2 Å². The molecule has 75 heavy (non-hydrogen) atoms. The zero-order valence-corrected chi connectivity index (χ0v) is 50.9. The summed E-state index contributed by atoms with van der Waals surface area (Å²) in [6.07, 6.45) is 78.6. The number of allylic oxidation sites excluding steroid dienone is 11. The van der Waals surface area contributed by atoms with Crippen LogP contribution in [0.3, 0.4) is 0 Å². The van der Waals surface area contributed by atoms with Crippen LogP contribution in [-0.2, 0) is 18.4 Å². The molecule has 8 nitrogen and oxygen atoms in total. The summed E-state index contributed by atoms with van der Waals surface area (Å²) < 4.78 is 23.4. The standard InChI is InChI=1S/C66H123N2O6P/c1-6-8-10-12-14-16-18-20-22-24-26-28-30-32-33-34-35-36-38-40-42-44-46-48-50-52-54-56-58-60-66(70)67-64(63-74-75(71,72)73-62-61-68(3,4)5)65(69)59-57-55-53-51-49-47-45-43-41-39-37-31-29-27-25-23-21-19-17-15-13-11-9-7-2/h8,10,14,16,20,22,26,28,49,51,57,59,64-65,69H,6-7,9,11-13,15,17-19,21,23-25,27,29-48,50,52-56,58,60-63H2,1-5H3,(H-,67,70,71,72)/b10-8-,16-14-,22-20-,28-26-,51-49+,59-57+. The summed E-state index contributed by atoms with van der Waals surface area (Å²) in [6, 6.07) is -0.907. The lowest BCUT2D eigenvalue weighted by atomic mass is 10.0. The Morgan fingerprint density at radius 2 is 0.827 bits per heavy atom. The maximum Gasteiger partial charge on any atom is 0.268 e. The molecule has 0 spiro atoms. The second kappa shape index (κ2) is 56.7. The van der Waals surface area contributed by atoms with Crippen LogP contribution in [0.5, 0.6) is 0 Å². The van der Waals surface area contributed by atoms with E-state index in [1.54, 1.807) is 6.08 Å². The number of unbranched alkanes of at least 4 members (excludes halogenated alkanes) is 35. The van der Waals surface area contributed by atoms with Gasteiger partial charge in [-0.3, -0.25) is 9.36 Å². The van der Waals surface area contributed by atoms with Gasteiger partial charge in [-0.2, -0.15) is 0 Å². The maximum atomic E-state index is 13.0. The van der Waals surface area contributed by atoms with Crippen LogP contribution in [0.25, 0.3) is 0 Å². The molecular formula is C66H123N2O6P. The Bertz CT molecular complexity index is 1450. The first-order chi connectivity index (χ1) is 36.5. The van der Waals surface area contributed by atoms with E-state index in [2.05, 4.69) is 79.9 Å². The summed E-state index contributed by atoms with van der Waals surface area (Å²) in [6.45, 7) is 4.55. The van der Waals surface area contributed by atoms with Crippen LogP contribution < -0.4 is 10.2 Å². The first-order valence-electron chi connectivity index (χ1n) is 31.8. The van der Waals surface area contributed by atoms with Crippen LogP contribution in [0, 0.1) is 0 Å². The van der Waals surface area contributed by atoms with Crippen molar-refractivity contribution in [3.63, 3.8) is 0 Å². The van der Waals surface area contributed by atoms with Gasteiger partial charge in [0, 0.05) is 6.42 Å². The molecule has 2 N–H and O–H groups in total. The van der Waals surface area contributed by atoms with E-state index in [1.165, 1.54) is 205 Å². The van der Waals surface area contributed by atoms with Crippen molar-refractivity contribution in [2.45, 2.75) is 302 Å². The molecule has 3 atom stereocenters. The number of quaternary nitrogens is 1. The van der Waals surface area contributed by atoms with Crippen LogP contribution in [0.4, 0.5) is 0 Å². The first kappa shape index (κ1) is 72.9. The third-order valence-corrected chi connectivity index (χ3v) is 15.1. The van der Waals surface area contributed by atoms with Gasteiger partial charge in [-0.25, -0.2) is 0 Å². The summed E-state index contributed by atoms with van der Waals surface area (Å²) in [5.41, 5.74) is 0. The highest BCUT2D eigenvalue weighted by atomic mass is 31.2. The lowest BCUT2D eigenvalue weighted by Gasteiger charge is -2.29. The van der Waals surface area contributed by atoms with Crippen molar-refractivity contribution in [2.75, 3.05) is 40.9 Å². The molecule has 9 heteroatoms. The maximum absolute atomic E-state index is 13.0. The van der Waals surface area contributed by atoms with Gasteiger partial charge < -0.3 is 28.8 Å². The van der Waals surface area contributed by atoms with Crippen LogP contribution in [0.2, 0.25) is 0 Å². The first-order valence-corrected chi connectivity index (χ1v) is 33.3.